The lowest BCUT2D eigenvalue weighted by molar-refractivity contribution is -0.157. The van der Waals surface area contributed by atoms with Crippen molar-refractivity contribution >= 4 is 32.2 Å². The molecule has 182 valence electrons. The van der Waals surface area contributed by atoms with Gasteiger partial charge in [0.2, 0.25) is 6.17 Å². The molecule has 2 aliphatic carbocycles. The first kappa shape index (κ1) is 23.9. The lowest BCUT2D eigenvalue weighted by atomic mass is 9.84. The molecule has 3 fully saturated rings. The Morgan fingerprint density at radius 3 is 2.45 bits per heavy atom. The van der Waals surface area contributed by atoms with E-state index >= 15 is 0 Å². The number of esters is 2. The molecular weight excluding hydrogens is 497 g/mol. The van der Waals surface area contributed by atoms with Gasteiger partial charge in [-0.25, -0.2) is 17.6 Å². The Labute approximate surface area is 185 Å². The molecule has 1 aromatic carbocycles. The molecule has 4 rings (SSSR count). The Morgan fingerprint density at radius 2 is 1.85 bits per heavy atom. The van der Waals surface area contributed by atoms with E-state index in [9.17, 15) is 44.1 Å². The van der Waals surface area contributed by atoms with Crippen LogP contribution in [-0.2, 0) is 38.7 Å². The summed E-state index contributed by atoms with van der Waals surface area (Å²) >= 11 is 0. The van der Waals surface area contributed by atoms with Crippen molar-refractivity contribution in [3.8, 4) is 0 Å². The summed E-state index contributed by atoms with van der Waals surface area (Å²) in [5, 5.41) is -6.78. The predicted octanol–water partition coefficient (Wildman–Crippen LogP) is 0.594. The van der Waals surface area contributed by atoms with Crippen molar-refractivity contribution in [3.05, 3.63) is 35.9 Å². The minimum Gasteiger partial charge on any atom is -0.743 e. The van der Waals surface area contributed by atoms with Gasteiger partial charge in [0.05, 0.1) is 11.5 Å². The van der Waals surface area contributed by atoms with Gasteiger partial charge in [-0.2, -0.15) is 17.2 Å². The Morgan fingerprint density at radius 1 is 1.21 bits per heavy atom. The number of carbonyl (C=O) groups excluding carboxylic acids is 2. The molecule has 15 heteroatoms. The van der Waals surface area contributed by atoms with Gasteiger partial charge >= 0.3 is 17.2 Å². The summed E-state index contributed by atoms with van der Waals surface area (Å²) in [5.41, 5.74) is 0.151. The average Bonchev–Trinajstić information content (AvgIpc) is 3.34. The lowest BCUT2D eigenvalue weighted by Gasteiger charge is -2.30. The van der Waals surface area contributed by atoms with Crippen molar-refractivity contribution in [2.45, 2.75) is 35.3 Å². The number of benzene rings is 1. The number of alkyl halides is 3. The molecule has 1 aromatic rings. The van der Waals surface area contributed by atoms with Crippen molar-refractivity contribution < 1.29 is 57.8 Å². The molecule has 10 nitrogen and oxygen atoms in total. The standard InChI is InChI=1S/C18H17F3O10S2/c19-11(18(20,21)33(26,27)28)7-29-17(23)12-9-6-10-14(31-32(24,25)15(10)12)13(9)30-16(22)8-4-2-1-3-5-8/h1-5,9-15H,6-7H2,(H,26,27,28)/p-1. The van der Waals surface area contributed by atoms with Gasteiger partial charge in [-0.3, -0.25) is 8.98 Å². The summed E-state index contributed by atoms with van der Waals surface area (Å²) in [7, 11) is -10.7. The normalized spacial score (nSPS) is 33.0. The van der Waals surface area contributed by atoms with E-state index in [1.807, 2.05) is 0 Å². The van der Waals surface area contributed by atoms with E-state index in [-0.39, 0.29) is 12.0 Å². The van der Waals surface area contributed by atoms with Crippen LogP contribution in [0.1, 0.15) is 16.8 Å². The Bertz CT molecular complexity index is 1170. The Kier molecular flexibility index (Phi) is 5.74. The van der Waals surface area contributed by atoms with Gasteiger partial charge in [-0.15, -0.1) is 0 Å². The van der Waals surface area contributed by atoms with Crippen LogP contribution in [-0.4, -0.2) is 68.8 Å². The van der Waals surface area contributed by atoms with Crippen LogP contribution in [0.2, 0.25) is 0 Å². The molecule has 0 N–H and O–H groups in total. The first-order valence-corrected chi connectivity index (χ1v) is 12.5. The molecule has 1 aliphatic heterocycles. The van der Waals surface area contributed by atoms with Crippen LogP contribution in [0.5, 0.6) is 0 Å². The number of fused-ring (bicyclic) bond motifs is 1. The SMILES string of the molecule is O=C(OC1C2CC3C1OS(=O)(=O)C3C2C(=O)OCC(F)C(F)(F)S(=O)(=O)[O-])c1ccccc1. The lowest BCUT2D eigenvalue weighted by Crippen LogP contribution is -2.47. The van der Waals surface area contributed by atoms with E-state index in [1.165, 1.54) is 12.1 Å². The maximum absolute atomic E-state index is 13.7. The number of carbonyl (C=O) groups is 2. The van der Waals surface area contributed by atoms with E-state index in [0.717, 1.165) is 0 Å². The summed E-state index contributed by atoms with van der Waals surface area (Å²) < 4.78 is 112. The van der Waals surface area contributed by atoms with Crippen LogP contribution in [0.4, 0.5) is 13.2 Å². The molecule has 7 atom stereocenters. The Balaban J connectivity index is 1.52. The molecule has 0 amide bonds. The molecular formula is C18H16F3O10S2-. The van der Waals surface area contributed by atoms with Crippen LogP contribution in [0.15, 0.2) is 30.3 Å². The molecule has 2 bridgehead atoms. The molecule has 0 spiro atoms. The summed E-state index contributed by atoms with van der Waals surface area (Å²) in [6.45, 7) is -1.80. The number of ether oxygens (including phenoxy) is 2. The van der Waals surface area contributed by atoms with Gasteiger partial charge in [-0.05, 0) is 18.6 Å². The second-order valence-corrected chi connectivity index (χ2v) is 11.1. The van der Waals surface area contributed by atoms with Crippen molar-refractivity contribution in [1.29, 1.82) is 0 Å². The highest BCUT2D eigenvalue weighted by molar-refractivity contribution is 7.87. The number of rotatable bonds is 7. The summed E-state index contributed by atoms with van der Waals surface area (Å²) in [4.78, 5) is 25.0. The fraction of sp³-hybridized carbons (Fsp3) is 0.556. The Hall–Kier alpha value is -2.23. The predicted molar refractivity (Wildman–Crippen MR) is 98.8 cm³/mol. The molecule has 1 saturated heterocycles. The highest BCUT2D eigenvalue weighted by Gasteiger charge is 2.72. The average molecular weight is 513 g/mol. The zero-order chi connectivity index (χ0) is 24.3. The maximum atomic E-state index is 13.7. The highest BCUT2D eigenvalue weighted by Crippen LogP contribution is 2.58. The topological polar surface area (TPSA) is 153 Å². The van der Waals surface area contributed by atoms with Gasteiger partial charge in [0, 0.05) is 11.8 Å². The minimum atomic E-state index is -6.38. The number of hydrogen-bond donors (Lipinski definition) is 0. The van der Waals surface area contributed by atoms with Crippen molar-refractivity contribution in [3.63, 3.8) is 0 Å². The monoisotopic (exact) mass is 513 g/mol. The van der Waals surface area contributed by atoms with Crippen molar-refractivity contribution in [1.82, 2.24) is 0 Å². The first-order valence-electron chi connectivity index (χ1n) is 9.58. The minimum absolute atomic E-state index is 0.0746. The van der Waals surface area contributed by atoms with E-state index in [1.54, 1.807) is 18.2 Å². The third-order valence-electron chi connectivity index (χ3n) is 6.12. The molecule has 1 heterocycles. The van der Waals surface area contributed by atoms with Crippen LogP contribution in [0, 0.1) is 17.8 Å². The number of hydrogen-bond acceptors (Lipinski definition) is 10. The second-order valence-electron chi connectivity index (χ2n) is 7.96. The van der Waals surface area contributed by atoms with Gasteiger partial charge < -0.3 is 14.0 Å². The van der Waals surface area contributed by atoms with Gasteiger partial charge in [-0.1, -0.05) is 18.2 Å². The van der Waals surface area contributed by atoms with Crippen LogP contribution >= 0.6 is 0 Å². The van der Waals surface area contributed by atoms with Crippen LogP contribution < -0.4 is 0 Å². The van der Waals surface area contributed by atoms with Crippen molar-refractivity contribution in [2.75, 3.05) is 6.61 Å². The molecule has 33 heavy (non-hydrogen) atoms. The van der Waals surface area contributed by atoms with E-state index < -0.39 is 85.4 Å². The first-order chi connectivity index (χ1) is 15.3. The van der Waals surface area contributed by atoms with Gasteiger partial charge in [0.1, 0.15) is 24.1 Å². The molecule has 2 saturated carbocycles. The summed E-state index contributed by atoms with van der Waals surface area (Å²) in [5.74, 6) is -5.44. The fourth-order valence-corrected chi connectivity index (χ4v) is 7.16. The van der Waals surface area contributed by atoms with Gasteiger partial charge in [0.25, 0.3) is 10.1 Å². The molecule has 3 aliphatic rings. The maximum Gasteiger partial charge on any atom is 0.368 e. The molecule has 7 unspecified atom stereocenters. The van der Waals surface area contributed by atoms with E-state index in [2.05, 4.69) is 4.74 Å². The number of halogens is 3. The van der Waals surface area contributed by atoms with E-state index in [4.69, 9.17) is 8.92 Å². The summed E-state index contributed by atoms with van der Waals surface area (Å²) in [6, 6.07) is 7.67. The largest absolute Gasteiger partial charge is 0.743 e. The van der Waals surface area contributed by atoms with Crippen LogP contribution in [0.3, 0.4) is 0 Å². The second kappa shape index (κ2) is 7.92. The highest BCUT2D eigenvalue weighted by atomic mass is 32.2. The van der Waals surface area contributed by atoms with Crippen LogP contribution in [0.25, 0.3) is 0 Å². The third kappa shape index (κ3) is 3.90. The summed E-state index contributed by atoms with van der Waals surface area (Å²) in [6.07, 6.45) is -5.83. The molecule has 0 radical (unpaired) electrons. The van der Waals surface area contributed by atoms with E-state index in [0.29, 0.717) is 0 Å². The smallest absolute Gasteiger partial charge is 0.368 e. The van der Waals surface area contributed by atoms with Crippen molar-refractivity contribution in [2.24, 2.45) is 17.8 Å². The third-order valence-corrected chi connectivity index (χ3v) is 8.84. The molecule has 0 aromatic heterocycles. The zero-order valence-electron chi connectivity index (χ0n) is 16.4. The quantitative estimate of drug-likeness (QED) is 0.288. The zero-order valence-corrected chi connectivity index (χ0v) is 18.0. The van der Waals surface area contributed by atoms with Gasteiger partial charge in [0.15, 0.2) is 10.1 Å². The fourth-order valence-electron chi connectivity index (χ4n) is 4.72.